The van der Waals surface area contributed by atoms with Gasteiger partial charge < -0.3 is 15.3 Å². The zero-order chi connectivity index (χ0) is 16.3. The van der Waals surface area contributed by atoms with Gasteiger partial charge in [0.05, 0.1) is 11.6 Å². The smallest absolute Gasteiger partial charge is 0.330 e. The molecule has 0 radical (unpaired) electrons. The molecule has 1 unspecified atom stereocenters. The van der Waals surface area contributed by atoms with Gasteiger partial charge in [-0.15, -0.1) is 11.8 Å². The van der Waals surface area contributed by atoms with E-state index >= 15 is 0 Å². The summed E-state index contributed by atoms with van der Waals surface area (Å²) in [5.41, 5.74) is 2.54. The van der Waals surface area contributed by atoms with E-state index in [-0.39, 0.29) is 12.5 Å². The van der Waals surface area contributed by atoms with Gasteiger partial charge in [-0.25, -0.2) is 4.79 Å². The first kappa shape index (κ1) is 16.4. The third-order valence-electron chi connectivity index (χ3n) is 3.58. The average Bonchev–Trinajstić information content (AvgIpc) is 2.84. The summed E-state index contributed by atoms with van der Waals surface area (Å²) in [7, 11) is 0. The number of carbonyl (C=O) groups excluding carboxylic acids is 2. The number of aryl methyl sites for hydroxylation is 2. The van der Waals surface area contributed by atoms with E-state index in [4.69, 9.17) is 0 Å². The molecule has 22 heavy (non-hydrogen) atoms. The highest BCUT2D eigenvalue weighted by atomic mass is 32.2. The van der Waals surface area contributed by atoms with Crippen LogP contribution in [0.15, 0.2) is 18.2 Å². The predicted molar refractivity (Wildman–Crippen MR) is 83.5 cm³/mol. The van der Waals surface area contributed by atoms with Crippen molar-refractivity contribution in [3.05, 3.63) is 34.9 Å². The molecule has 2 rings (SSSR count). The lowest BCUT2D eigenvalue weighted by molar-refractivity contribution is -0.142. The topological polar surface area (TPSA) is 86.7 Å². The molecule has 1 heterocycles. The van der Waals surface area contributed by atoms with Gasteiger partial charge in [0, 0.05) is 0 Å². The minimum Gasteiger partial charge on any atom is -0.479 e. The molecule has 7 heteroatoms. The molecule has 6 nitrogen and oxygen atoms in total. The lowest BCUT2D eigenvalue weighted by atomic mass is 10.0. The maximum Gasteiger partial charge on any atom is 0.330 e. The molecular weight excluding hydrogens is 304 g/mol. The summed E-state index contributed by atoms with van der Waals surface area (Å²) in [6.07, 6.45) is 0. The molecule has 118 valence electrons. The van der Waals surface area contributed by atoms with Crippen molar-refractivity contribution in [3.63, 3.8) is 0 Å². The molecule has 0 spiro atoms. The number of carboxylic acid groups (broad SMARTS) is 1. The highest BCUT2D eigenvalue weighted by molar-refractivity contribution is 8.00. The molecule has 1 aromatic rings. The number of hydrogen-bond donors (Lipinski definition) is 2. The number of benzene rings is 1. The van der Waals surface area contributed by atoms with Crippen molar-refractivity contribution in [3.8, 4) is 0 Å². The molecule has 1 fully saturated rings. The minimum atomic E-state index is -1.13. The van der Waals surface area contributed by atoms with Gasteiger partial charge in [0.15, 0.2) is 6.04 Å². The summed E-state index contributed by atoms with van der Waals surface area (Å²) in [6.45, 7) is 3.71. The Labute approximate surface area is 132 Å². The molecule has 1 atom stereocenters. The van der Waals surface area contributed by atoms with Crippen LogP contribution in [0.3, 0.4) is 0 Å². The number of hydrogen-bond acceptors (Lipinski definition) is 4. The number of aliphatic carboxylic acids is 1. The van der Waals surface area contributed by atoms with Gasteiger partial charge in [-0.1, -0.05) is 18.2 Å². The summed E-state index contributed by atoms with van der Waals surface area (Å²) >= 11 is 1.44. The fraction of sp³-hybridized carbons (Fsp3) is 0.400. The highest BCUT2D eigenvalue weighted by Gasteiger charge is 2.26. The van der Waals surface area contributed by atoms with Crippen LogP contribution in [-0.4, -0.2) is 46.0 Å². The Balaban J connectivity index is 2.08. The van der Waals surface area contributed by atoms with E-state index in [1.807, 2.05) is 19.9 Å². The first-order valence-electron chi connectivity index (χ1n) is 6.83. The molecule has 0 aliphatic carbocycles. The number of rotatable bonds is 5. The second-order valence-corrected chi connectivity index (χ2v) is 6.21. The van der Waals surface area contributed by atoms with Crippen LogP contribution in [-0.2, 0) is 14.4 Å². The number of nitrogens with zero attached hydrogens (tertiary/aromatic N) is 1. The molecule has 1 saturated heterocycles. The number of thioether (sulfide) groups is 1. The lowest BCUT2D eigenvalue weighted by Gasteiger charge is -2.19. The van der Waals surface area contributed by atoms with E-state index in [2.05, 4.69) is 5.32 Å². The summed E-state index contributed by atoms with van der Waals surface area (Å²) in [4.78, 5) is 36.3. The Bertz CT molecular complexity index is 618. The fourth-order valence-electron chi connectivity index (χ4n) is 2.15. The first-order valence-corrected chi connectivity index (χ1v) is 7.99. The average molecular weight is 322 g/mol. The Morgan fingerprint density at radius 3 is 2.64 bits per heavy atom. The van der Waals surface area contributed by atoms with E-state index in [9.17, 15) is 19.5 Å². The standard InChI is InChI=1S/C15H18N2O4S/c1-9-3-4-11(5-10(9)2)14(15(20)21)16-12(18)6-17-8-22-7-13(17)19/h3-5,14H,6-8H2,1-2H3,(H,16,18)(H,20,21). The highest BCUT2D eigenvalue weighted by Crippen LogP contribution is 2.18. The number of carboxylic acids is 1. The van der Waals surface area contributed by atoms with Crippen LogP contribution >= 0.6 is 11.8 Å². The maximum absolute atomic E-state index is 12.0. The van der Waals surface area contributed by atoms with Crippen molar-refractivity contribution in [2.24, 2.45) is 0 Å². The van der Waals surface area contributed by atoms with E-state index in [0.29, 0.717) is 17.2 Å². The number of nitrogens with one attached hydrogen (secondary N) is 1. The van der Waals surface area contributed by atoms with Gasteiger partial charge in [-0.2, -0.15) is 0 Å². The van der Waals surface area contributed by atoms with E-state index in [0.717, 1.165) is 11.1 Å². The van der Waals surface area contributed by atoms with Crippen molar-refractivity contribution in [2.75, 3.05) is 18.2 Å². The predicted octanol–water partition coefficient (Wildman–Crippen LogP) is 1.08. The van der Waals surface area contributed by atoms with Crippen LogP contribution in [0, 0.1) is 13.8 Å². The number of amides is 2. The zero-order valence-electron chi connectivity index (χ0n) is 12.5. The van der Waals surface area contributed by atoms with Crippen LogP contribution < -0.4 is 5.32 Å². The molecule has 0 saturated carbocycles. The van der Waals surface area contributed by atoms with Gasteiger partial charge >= 0.3 is 5.97 Å². The van der Waals surface area contributed by atoms with Gasteiger partial charge in [0.1, 0.15) is 6.54 Å². The lowest BCUT2D eigenvalue weighted by Crippen LogP contribution is -2.41. The van der Waals surface area contributed by atoms with Crippen molar-refractivity contribution in [1.82, 2.24) is 10.2 Å². The minimum absolute atomic E-state index is 0.0989. The normalized spacial score (nSPS) is 15.7. The molecule has 1 aromatic carbocycles. The van der Waals surface area contributed by atoms with Gasteiger partial charge in [-0.3, -0.25) is 9.59 Å². The third-order valence-corrected chi connectivity index (χ3v) is 4.52. The van der Waals surface area contributed by atoms with Gasteiger partial charge in [0.2, 0.25) is 11.8 Å². The molecule has 2 N–H and O–H groups in total. The van der Waals surface area contributed by atoms with Crippen molar-refractivity contribution < 1.29 is 19.5 Å². The first-order chi connectivity index (χ1) is 10.4. The summed E-state index contributed by atoms with van der Waals surface area (Å²) < 4.78 is 0. The van der Waals surface area contributed by atoms with Crippen molar-refractivity contribution in [2.45, 2.75) is 19.9 Å². The Kier molecular flexibility index (Phi) is 5.07. The van der Waals surface area contributed by atoms with E-state index in [1.54, 1.807) is 12.1 Å². The van der Waals surface area contributed by atoms with Crippen LogP contribution in [0.4, 0.5) is 0 Å². The number of carbonyl (C=O) groups is 3. The monoisotopic (exact) mass is 322 g/mol. The fourth-order valence-corrected chi connectivity index (χ4v) is 3.06. The third kappa shape index (κ3) is 3.79. The summed E-state index contributed by atoms with van der Waals surface area (Å²) in [5, 5.41) is 11.8. The van der Waals surface area contributed by atoms with Crippen molar-refractivity contribution in [1.29, 1.82) is 0 Å². The summed E-state index contributed by atoms with van der Waals surface area (Å²) in [6, 6.07) is 4.16. The Morgan fingerprint density at radius 2 is 2.09 bits per heavy atom. The van der Waals surface area contributed by atoms with Gasteiger partial charge in [0.25, 0.3) is 0 Å². The quantitative estimate of drug-likeness (QED) is 0.847. The van der Waals surface area contributed by atoms with Gasteiger partial charge in [-0.05, 0) is 30.5 Å². The van der Waals surface area contributed by atoms with E-state index < -0.39 is 17.9 Å². The van der Waals surface area contributed by atoms with Crippen LogP contribution in [0.1, 0.15) is 22.7 Å². The van der Waals surface area contributed by atoms with Crippen LogP contribution in [0.25, 0.3) is 0 Å². The molecule has 1 aliphatic heterocycles. The molecule has 1 aliphatic rings. The molecule has 0 bridgehead atoms. The van der Waals surface area contributed by atoms with E-state index in [1.165, 1.54) is 16.7 Å². The molecular formula is C15H18N2O4S. The summed E-state index contributed by atoms with van der Waals surface area (Å²) in [5.74, 6) is -0.862. The Morgan fingerprint density at radius 1 is 1.36 bits per heavy atom. The van der Waals surface area contributed by atoms with Crippen LogP contribution in [0.5, 0.6) is 0 Å². The SMILES string of the molecule is Cc1ccc(C(NC(=O)CN2CSCC2=O)C(=O)O)cc1C. The molecule has 2 amide bonds. The van der Waals surface area contributed by atoms with Crippen molar-refractivity contribution >= 4 is 29.5 Å². The Hall–Kier alpha value is -2.02. The molecule has 0 aromatic heterocycles. The second-order valence-electron chi connectivity index (χ2n) is 5.25. The largest absolute Gasteiger partial charge is 0.479 e. The maximum atomic E-state index is 12.0. The van der Waals surface area contributed by atoms with Crippen LogP contribution in [0.2, 0.25) is 0 Å². The second kappa shape index (κ2) is 6.83. The zero-order valence-corrected chi connectivity index (χ0v) is 13.3.